The monoisotopic (exact) mass is 372 g/mol. The van der Waals surface area contributed by atoms with Crippen LogP contribution in [0.15, 0.2) is 36.4 Å². The highest BCUT2D eigenvalue weighted by atomic mass is 16.5. The number of carbonyl (C=O) groups is 1. The molecule has 0 unspecified atom stereocenters. The number of ether oxygens (including phenoxy) is 4. The van der Waals surface area contributed by atoms with E-state index in [9.17, 15) is 9.90 Å². The van der Waals surface area contributed by atoms with E-state index in [-0.39, 0.29) is 23.6 Å². The largest absolute Gasteiger partial charge is 0.504 e. The molecular weight excluding hydrogens is 348 g/mol. The number of phenols is 1. The SMILES string of the molecule is COc1ccc(C[C@H]2C(=O)OC[C@@H]2Cc2ccc(OC)c(OC)c2)cc1O. The molecule has 3 rings (SSSR count). The summed E-state index contributed by atoms with van der Waals surface area (Å²) in [6.07, 6.45) is 1.20. The molecule has 1 aliphatic rings. The molecule has 0 aromatic heterocycles. The lowest BCUT2D eigenvalue weighted by Crippen LogP contribution is -2.20. The molecule has 1 heterocycles. The molecule has 0 aliphatic carbocycles. The van der Waals surface area contributed by atoms with Gasteiger partial charge in [0.1, 0.15) is 0 Å². The van der Waals surface area contributed by atoms with Crippen LogP contribution in [-0.2, 0) is 22.4 Å². The summed E-state index contributed by atoms with van der Waals surface area (Å²) in [6.45, 7) is 0.389. The molecule has 2 atom stereocenters. The van der Waals surface area contributed by atoms with Crippen molar-refractivity contribution in [1.82, 2.24) is 0 Å². The first-order valence-electron chi connectivity index (χ1n) is 8.79. The van der Waals surface area contributed by atoms with Crippen LogP contribution in [0.4, 0.5) is 0 Å². The van der Waals surface area contributed by atoms with E-state index in [0.717, 1.165) is 11.1 Å². The highest BCUT2D eigenvalue weighted by Crippen LogP contribution is 2.34. The summed E-state index contributed by atoms with van der Waals surface area (Å²) >= 11 is 0. The lowest BCUT2D eigenvalue weighted by molar-refractivity contribution is -0.141. The minimum absolute atomic E-state index is 0.0554. The van der Waals surface area contributed by atoms with Gasteiger partial charge in [0.2, 0.25) is 0 Å². The Hall–Kier alpha value is -2.89. The highest BCUT2D eigenvalue weighted by molar-refractivity contribution is 5.75. The Labute approximate surface area is 158 Å². The average Bonchev–Trinajstić information content (AvgIpc) is 3.01. The number of hydrogen-bond acceptors (Lipinski definition) is 6. The lowest BCUT2D eigenvalue weighted by Gasteiger charge is -2.17. The van der Waals surface area contributed by atoms with Crippen molar-refractivity contribution in [2.75, 3.05) is 27.9 Å². The van der Waals surface area contributed by atoms with Gasteiger partial charge in [-0.2, -0.15) is 0 Å². The van der Waals surface area contributed by atoms with Crippen LogP contribution in [0.2, 0.25) is 0 Å². The highest BCUT2D eigenvalue weighted by Gasteiger charge is 2.37. The molecule has 144 valence electrons. The predicted octanol–water partition coefficient (Wildman–Crippen LogP) is 2.99. The van der Waals surface area contributed by atoms with Crippen LogP contribution in [0.5, 0.6) is 23.0 Å². The Morgan fingerprint density at radius 3 is 2.19 bits per heavy atom. The third-order valence-electron chi connectivity index (χ3n) is 4.96. The number of carbonyl (C=O) groups excluding carboxylic acids is 1. The number of methoxy groups -OCH3 is 3. The number of cyclic esters (lactones) is 1. The second kappa shape index (κ2) is 8.20. The van der Waals surface area contributed by atoms with Crippen molar-refractivity contribution in [2.24, 2.45) is 11.8 Å². The van der Waals surface area contributed by atoms with Crippen LogP contribution in [0.25, 0.3) is 0 Å². The third-order valence-corrected chi connectivity index (χ3v) is 4.96. The van der Waals surface area contributed by atoms with E-state index in [1.54, 1.807) is 26.4 Å². The summed E-state index contributed by atoms with van der Waals surface area (Å²) in [4.78, 5) is 12.3. The van der Waals surface area contributed by atoms with Crippen molar-refractivity contribution in [2.45, 2.75) is 12.8 Å². The molecule has 2 aromatic carbocycles. The van der Waals surface area contributed by atoms with Crippen molar-refractivity contribution >= 4 is 5.97 Å². The molecule has 0 spiro atoms. The molecule has 0 radical (unpaired) electrons. The smallest absolute Gasteiger partial charge is 0.309 e. The maximum atomic E-state index is 12.3. The van der Waals surface area contributed by atoms with E-state index in [0.29, 0.717) is 36.7 Å². The van der Waals surface area contributed by atoms with E-state index in [1.807, 2.05) is 24.3 Å². The Kier molecular flexibility index (Phi) is 5.74. The normalized spacial score (nSPS) is 18.9. The fourth-order valence-electron chi connectivity index (χ4n) is 3.48. The van der Waals surface area contributed by atoms with E-state index >= 15 is 0 Å². The third kappa shape index (κ3) is 4.10. The molecule has 0 saturated carbocycles. The van der Waals surface area contributed by atoms with Gasteiger partial charge in [-0.05, 0) is 48.2 Å². The van der Waals surface area contributed by atoms with Crippen molar-refractivity contribution in [1.29, 1.82) is 0 Å². The zero-order chi connectivity index (χ0) is 19.4. The fraction of sp³-hybridized carbons (Fsp3) is 0.381. The van der Waals surface area contributed by atoms with Crippen LogP contribution in [-0.4, -0.2) is 39.0 Å². The molecule has 0 bridgehead atoms. The van der Waals surface area contributed by atoms with E-state index < -0.39 is 0 Å². The predicted molar refractivity (Wildman–Crippen MR) is 99.6 cm³/mol. The summed E-state index contributed by atoms with van der Waals surface area (Å²) in [6, 6.07) is 11.0. The summed E-state index contributed by atoms with van der Waals surface area (Å²) < 4.78 is 21.0. The Morgan fingerprint density at radius 1 is 0.926 bits per heavy atom. The number of esters is 1. The van der Waals surface area contributed by atoms with Gasteiger partial charge in [-0.3, -0.25) is 4.79 Å². The second-order valence-electron chi connectivity index (χ2n) is 6.60. The van der Waals surface area contributed by atoms with E-state index in [1.165, 1.54) is 7.11 Å². The van der Waals surface area contributed by atoms with Gasteiger partial charge in [-0.15, -0.1) is 0 Å². The molecule has 27 heavy (non-hydrogen) atoms. The Balaban J connectivity index is 1.75. The average molecular weight is 372 g/mol. The van der Waals surface area contributed by atoms with Crippen molar-refractivity contribution in [3.63, 3.8) is 0 Å². The maximum Gasteiger partial charge on any atom is 0.309 e. The topological polar surface area (TPSA) is 74.2 Å². The summed E-state index contributed by atoms with van der Waals surface area (Å²) in [5.74, 6) is 1.41. The first kappa shape index (κ1) is 18.9. The first-order valence-corrected chi connectivity index (χ1v) is 8.79. The molecule has 1 fully saturated rings. The van der Waals surface area contributed by atoms with Gasteiger partial charge in [0.05, 0.1) is 33.9 Å². The fourth-order valence-corrected chi connectivity index (χ4v) is 3.48. The minimum Gasteiger partial charge on any atom is -0.504 e. The van der Waals surface area contributed by atoms with Crippen LogP contribution in [0, 0.1) is 11.8 Å². The van der Waals surface area contributed by atoms with Crippen molar-refractivity contribution in [3.05, 3.63) is 47.5 Å². The molecular formula is C21H24O6. The molecule has 6 heteroatoms. The first-order chi connectivity index (χ1) is 13.0. The molecule has 0 amide bonds. The maximum absolute atomic E-state index is 12.3. The van der Waals surface area contributed by atoms with E-state index in [4.69, 9.17) is 18.9 Å². The van der Waals surface area contributed by atoms with Gasteiger partial charge in [0.15, 0.2) is 23.0 Å². The van der Waals surface area contributed by atoms with Crippen molar-refractivity contribution < 1.29 is 28.8 Å². The van der Waals surface area contributed by atoms with Crippen LogP contribution < -0.4 is 14.2 Å². The van der Waals surface area contributed by atoms with Gasteiger partial charge in [0, 0.05) is 5.92 Å². The van der Waals surface area contributed by atoms with Crippen LogP contribution in [0.1, 0.15) is 11.1 Å². The Morgan fingerprint density at radius 2 is 1.56 bits per heavy atom. The number of hydrogen-bond donors (Lipinski definition) is 1. The molecule has 1 aliphatic heterocycles. The van der Waals surface area contributed by atoms with Gasteiger partial charge >= 0.3 is 5.97 Å². The van der Waals surface area contributed by atoms with Crippen LogP contribution >= 0.6 is 0 Å². The van der Waals surface area contributed by atoms with E-state index in [2.05, 4.69) is 0 Å². The Bertz CT molecular complexity index is 816. The van der Waals surface area contributed by atoms with Crippen molar-refractivity contribution in [3.8, 4) is 23.0 Å². The molecule has 2 aromatic rings. The quantitative estimate of drug-likeness (QED) is 0.753. The molecule has 1 N–H and O–H groups in total. The summed E-state index contributed by atoms with van der Waals surface area (Å²) in [5, 5.41) is 9.97. The molecule has 1 saturated heterocycles. The minimum atomic E-state index is -0.258. The number of phenolic OH excluding ortho intramolecular Hbond substituents is 1. The lowest BCUT2D eigenvalue weighted by atomic mass is 9.85. The van der Waals surface area contributed by atoms with Crippen LogP contribution in [0.3, 0.4) is 0 Å². The number of benzene rings is 2. The number of rotatable bonds is 7. The zero-order valence-corrected chi connectivity index (χ0v) is 15.7. The molecule has 6 nitrogen and oxygen atoms in total. The summed E-state index contributed by atoms with van der Waals surface area (Å²) in [7, 11) is 4.70. The summed E-state index contributed by atoms with van der Waals surface area (Å²) in [5.41, 5.74) is 1.92. The van der Waals surface area contributed by atoms with Gasteiger partial charge in [-0.1, -0.05) is 12.1 Å². The number of aromatic hydroxyl groups is 1. The second-order valence-corrected chi connectivity index (χ2v) is 6.60. The standard InChI is InChI=1S/C21H24O6/c1-24-18-6-4-14(10-17(18)22)9-16-15(12-27-21(16)23)8-13-5-7-19(25-2)20(11-13)26-3/h4-7,10-11,15-16,22H,8-9,12H2,1-3H3/t15-,16+/m0/s1. The van der Waals surface area contributed by atoms with Gasteiger partial charge < -0.3 is 24.1 Å². The van der Waals surface area contributed by atoms with Gasteiger partial charge in [0.25, 0.3) is 0 Å². The van der Waals surface area contributed by atoms with Gasteiger partial charge in [-0.25, -0.2) is 0 Å². The zero-order valence-electron chi connectivity index (χ0n) is 15.7.